The molecule has 1 N–H and O–H groups in total. The van der Waals surface area contributed by atoms with Gasteiger partial charge in [0, 0.05) is 43.0 Å². The quantitative estimate of drug-likeness (QED) is 0.185. The summed E-state index contributed by atoms with van der Waals surface area (Å²) in [5.74, 6) is -1.86. The number of anilines is 3. The predicted octanol–water partition coefficient (Wildman–Crippen LogP) is 7.20. The number of aryl methyl sites for hydroxylation is 3. The molecule has 4 heterocycles. The van der Waals surface area contributed by atoms with Crippen molar-refractivity contribution in [3.05, 3.63) is 94.1 Å². The van der Waals surface area contributed by atoms with Crippen molar-refractivity contribution in [2.75, 3.05) is 29.4 Å². The van der Waals surface area contributed by atoms with E-state index in [4.69, 9.17) is 4.52 Å². The van der Waals surface area contributed by atoms with Crippen LogP contribution in [0.4, 0.5) is 21.5 Å². The van der Waals surface area contributed by atoms with Gasteiger partial charge in [0.15, 0.2) is 0 Å². The van der Waals surface area contributed by atoms with Gasteiger partial charge in [0.2, 0.25) is 11.8 Å². The van der Waals surface area contributed by atoms with Crippen LogP contribution < -0.4 is 15.1 Å². The molecule has 1 unspecified atom stereocenters. The summed E-state index contributed by atoms with van der Waals surface area (Å²) in [4.78, 5) is 56.1. The number of nitrogens with zero attached hydrogens (tertiary/aromatic N) is 5. The number of fused-ring (bicyclic) bond motifs is 1. The molecular weight excluding hydrogens is 712 g/mol. The lowest BCUT2D eigenvalue weighted by molar-refractivity contribution is -0.136. The molecule has 3 aromatic carbocycles. The number of hydrogen-bond donors (Lipinski definition) is 1. The molecule has 9 rings (SSSR count). The average molecular weight is 755 g/mol. The Morgan fingerprint density at radius 3 is 2.27 bits per heavy atom. The van der Waals surface area contributed by atoms with Gasteiger partial charge >= 0.3 is 0 Å². The van der Waals surface area contributed by atoms with Gasteiger partial charge in [0.25, 0.3) is 11.8 Å². The fourth-order valence-electron chi connectivity index (χ4n) is 9.75. The topological polar surface area (TPSA) is 140 Å². The first-order chi connectivity index (χ1) is 26.9. The molecular formula is C44H43FN6O5. The zero-order valence-corrected chi connectivity index (χ0v) is 31.8. The zero-order valence-electron chi connectivity index (χ0n) is 31.8. The number of aromatic nitrogens is 1. The molecule has 5 aliphatic rings. The molecule has 3 aliphatic heterocycles. The van der Waals surface area contributed by atoms with E-state index in [1.165, 1.54) is 6.07 Å². The normalized spacial score (nSPS) is 21.2. The van der Waals surface area contributed by atoms with Gasteiger partial charge in [-0.1, -0.05) is 29.4 Å². The van der Waals surface area contributed by atoms with Gasteiger partial charge in [-0.05, 0) is 124 Å². The molecule has 2 aliphatic carbocycles. The summed E-state index contributed by atoms with van der Waals surface area (Å²) >= 11 is 0. The van der Waals surface area contributed by atoms with E-state index in [0.717, 1.165) is 101 Å². The van der Waals surface area contributed by atoms with Crippen molar-refractivity contribution in [3.8, 4) is 17.2 Å². The highest BCUT2D eigenvalue weighted by molar-refractivity contribution is 6.23. The van der Waals surface area contributed by atoms with Gasteiger partial charge in [0.1, 0.15) is 17.6 Å². The number of halogens is 1. The smallest absolute Gasteiger partial charge is 0.262 e. The first kappa shape index (κ1) is 35.8. The molecule has 286 valence electrons. The fraction of sp³-hybridized carbons (Fsp3) is 0.409. The Bertz CT molecular complexity index is 2340. The SMILES string of the molecule is Cc1ccc(-c2c(C)noc2C)cc1N(CC1CC2(CCN(c3cc4c(cc3F)C(=O)N(C3CCC(=O)NC3=O)C4=O)CC2)C1)c1ccc(C2(C#N)CC2)cc1. The van der Waals surface area contributed by atoms with Crippen LogP contribution in [0.5, 0.6) is 0 Å². The first-order valence-electron chi connectivity index (χ1n) is 19.5. The number of nitrogens with one attached hydrogen (secondary N) is 1. The van der Waals surface area contributed by atoms with Crippen LogP contribution in [0.25, 0.3) is 11.1 Å². The number of hydrogen-bond acceptors (Lipinski definition) is 9. The van der Waals surface area contributed by atoms with Crippen molar-refractivity contribution in [2.45, 2.75) is 83.6 Å². The molecule has 4 amide bonds. The van der Waals surface area contributed by atoms with Crippen LogP contribution in [0, 0.1) is 49.3 Å². The van der Waals surface area contributed by atoms with E-state index >= 15 is 4.39 Å². The molecule has 0 radical (unpaired) electrons. The van der Waals surface area contributed by atoms with Crippen molar-refractivity contribution >= 4 is 40.7 Å². The van der Waals surface area contributed by atoms with Crippen molar-refractivity contribution in [3.63, 3.8) is 0 Å². The standard InChI is InChI=1S/C44H43FN6O5/c1-25-4-5-29(39-26(2)48-56-27(39)3)18-36(25)50(31-8-6-30(7-9-31)44(24-46)12-13-44)23-28-21-43(22-28)14-16-49(17-15-43)37-20-33-32(19-34(37)45)41(54)51(42(33)55)35-10-11-38(52)47-40(35)53/h4-9,18-20,28,35H,10-17,21-23H2,1-3H3,(H,47,52,53). The third-order valence-corrected chi connectivity index (χ3v) is 13.1. The van der Waals surface area contributed by atoms with E-state index in [9.17, 15) is 24.4 Å². The van der Waals surface area contributed by atoms with Crippen LogP contribution in [-0.4, -0.2) is 59.4 Å². The lowest BCUT2D eigenvalue weighted by atomic mass is 9.57. The van der Waals surface area contributed by atoms with Crippen LogP contribution in [0.1, 0.15) is 94.7 Å². The highest BCUT2D eigenvalue weighted by Crippen LogP contribution is 2.54. The summed E-state index contributed by atoms with van der Waals surface area (Å²) in [6, 6.07) is 19.0. The van der Waals surface area contributed by atoms with Crippen LogP contribution in [-0.2, 0) is 15.0 Å². The number of imide groups is 2. The maximum Gasteiger partial charge on any atom is 0.262 e. The zero-order chi connectivity index (χ0) is 39.1. The van der Waals surface area contributed by atoms with Gasteiger partial charge in [-0.25, -0.2) is 4.39 Å². The monoisotopic (exact) mass is 754 g/mol. The minimum atomic E-state index is -1.10. The Labute approximate surface area is 324 Å². The molecule has 2 saturated carbocycles. The molecule has 0 bridgehead atoms. The molecule has 4 aromatic rings. The summed E-state index contributed by atoms with van der Waals surface area (Å²) < 4.78 is 21.2. The Balaban J connectivity index is 0.913. The molecule has 11 nitrogen and oxygen atoms in total. The second-order valence-electron chi connectivity index (χ2n) is 16.6. The predicted molar refractivity (Wildman–Crippen MR) is 206 cm³/mol. The molecule has 2 saturated heterocycles. The summed E-state index contributed by atoms with van der Waals surface area (Å²) in [6.07, 6.45) is 5.68. The number of carbonyl (C=O) groups is 4. The van der Waals surface area contributed by atoms with Crippen molar-refractivity contribution < 1.29 is 28.1 Å². The number of piperidine rings is 2. The number of amides is 4. The maximum atomic E-state index is 15.7. The van der Waals surface area contributed by atoms with Gasteiger partial charge < -0.3 is 14.3 Å². The largest absolute Gasteiger partial charge is 0.369 e. The molecule has 1 spiro atoms. The van der Waals surface area contributed by atoms with Crippen LogP contribution in [0.15, 0.2) is 59.1 Å². The lowest BCUT2D eigenvalue weighted by Crippen LogP contribution is -2.54. The second kappa shape index (κ2) is 13.1. The van der Waals surface area contributed by atoms with Gasteiger partial charge in [-0.15, -0.1) is 0 Å². The minimum Gasteiger partial charge on any atom is -0.369 e. The Kier molecular flexibility index (Phi) is 8.41. The summed E-state index contributed by atoms with van der Waals surface area (Å²) in [6.45, 7) is 8.08. The number of benzene rings is 3. The summed E-state index contributed by atoms with van der Waals surface area (Å²) in [5, 5.41) is 16.2. The molecule has 12 heteroatoms. The van der Waals surface area contributed by atoms with E-state index in [-0.39, 0.29) is 40.5 Å². The van der Waals surface area contributed by atoms with Crippen LogP contribution in [0.2, 0.25) is 0 Å². The Morgan fingerprint density at radius 1 is 0.946 bits per heavy atom. The highest BCUT2D eigenvalue weighted by atomic mass is 19.1. The lowest BCUT2D eigenvalue weighted by Gasteiger charge is -2.53. The van der Waals surface area contributed by atoms with Crippen molar-refractivity contribution in [2.24, 2.45) is 11.3 Å². The third kappa shape index (κ3) is 5.87. The number of rotatable bonds is 8. The van der Waals surface area contributed by atoms with E-state index in [1.807, 2.05) is 18.7 Å². The summed E-state index contributed by atoms with van der Waals surface area (Å²) in [5.41, 5.74) is 7.41. The van der Waals surface area contributed by atoms with Gasteiger partial charge in [-0.3, -0.25) is 29.4 Å². The maximum absolute atomic E-state index is 15.7. The van der Waals surface area contributed by atoms with E-state index in [0.29, 0.717) is 19.0 Å². The number of nitriles is 1. The van der Waals surface area contributed by atoms with E-state index in [2.05, 4.69) is 70.8 Å². The van der Waals surface area contributed by atoms with E-state index in [1.54, 1.807) is 0 Å². The fourth-order valence-corrected chi connectivity index (χ4v) is 9.75. The van der Waals surface area contributed by atoms with Gasteiger partial charge in [0.05, 0.1) is 34.0 Å². The second-order valence-corrected chi connectivity index (χ2v) is 16.6. The Hall–Kier alpha value is -5.83. The third-order valence-electron chi connectivity index (χ3n) is 13.1. The van der Waals surface area contributed by atoms with E-state index < -0.39 is 35.5 Å². The number of carbonyl (C=O) groups excluding carboxylic acids is 4. The minimum absolute atomic E-state index is 0.0190. The average Bonchev–Trinajstić information content (AvgIpc) is 3.86. The highest BCUT2D eigenvalue weighted by Gasteiger charge is 2.49. The molecule has 1 atom stereocenters. The van der Waals surface area contributed by atoms with Gasteiger partial charge in [-0.2, -0.15) is 5.26 Å². The van der Waals surface area contributed by atoms with Crippen LogP contribution in [0.3, 0.4) is 0 Å². The molecule has 56 heavy (non-hydrogen) atoms. The van der Waals surface area contributed by atoms with Crippen molar-refractivity contribution in [1.29, 1.82) is 5.26 Å². The van der Waals surface area contributed by atoms with Crippen LogP contribution >= 0.6 is 0 Å². The molecule has 1 aromatic heterocycles. The molecule has 4 fully saturated rings. The van der Waals surface area contributed by atoms with Crippen molar-refractivity contribution in [1.82, 2.24) is 15.4 Å². The first-order valence-corrected chi connectivity index (χ1v) is 19.5. The Morgan fingerprint density at radius 2 is 1.64 bits per heavy atom. The summed E-state index contributed by atoms with van der Waals surface area (Å²) in [7, 11) is 0.